The summed E-state index contributed by atoms with van der Waals surface area (Å²) in [5, 5.41) is 12.9. The fourth-order valence-electron chi connectivity index (χ4n) is 2.34. The van der Waals surface area contributed by atoms with Crippen LogP contribution in [-0.2, 0) is 21.3 Å². The monoisotopic (exact) mass is 298 g/mol. The van der Waals surface area contributed by atoms with Gasteiger partial charge in [0, 0.05) is 13.1 Å². The quantitative estimate of drug-likeness (QED) is 0.804. The molecule has 0 amide bonds. The predicted molar refractivity (Wildman–Crippen MR) is 71.5 cm³/mol. The van der Waals surface area contributed by atoms with Crippen LogP contribution in [-0.4, -0.2) is 48.8 Å². The highest BCUT2D eigenvalue weighted by atomic mass is 32.2. The number of morpholine rings is 1. The molecule has 1 fully saturated rings. The van der Waals surface area contributed by atoms with E-state index in [1.54, 1.807) is 18.5 Å². The molecule has 2 rings (SSSR count). The molecule has 8 heteroatoms. The van der Waals surface area contributed by atoms with Crippen LogP contribution in [0.4, 0.5) is 0 Å². The second-order valence-electron chi connectivity index (χ2n) is 4.65. The number of rotatable bonds is 4. The minimum absolute atomic E-state index is 0.261. The van der Waals surface area contributed by atoms with E-state index < -0.39 is 10.0 Å². The summed E-state index contributed by atoms with van der Waals surface area (Å²) in [5.41, 5.74) is 1.07. The molecule has 0 aromatic carbocycles. The minimum Gasteiger partial charge on any atom is -0.379 e. The van der Waals surface area contributed by atoms with Crippen LogP contribution in [0.3, 0.4) is 0 Å². The van der Waals surface area contributed by atoms with Crippen molar-refractivity contribution in [2.24, 2.45) is 0 Å². The van der Waals surface area contributed by atoms with Crippen molar-refractivity contribution < 1.29 is 13.2 Å². The van der Waals surface area contributed by atoms with Crippen molar-refractivity contribution in [1.82, 2.24) is 14.1 Å². The Hall–Kier alpha value is -1.43. The third kappa shape index (κ3) is 2.70. The fourth-order valence-corrected chi connectivity index (χ4v) is 4.12. The second kappa shape index (κ2) is 5.91. The lowest BCUT2D eigenvalue weighted by Gasteiger charge is -2.26. The van der Waals surface area contributed by atoms with Gasteiger partial charge in [0.05, 0.1) is 43.6 Å². The molecule has 1 saturated heterocycles. The van der Waals surface area contributed by atoms with Gasteiger partial charge in [0.15, 0.2) is 0 Å². The van der Waals surface area contributed by atoms with Gasteiger partial charge >= 0.3 is 0 Å². The summed E-state index contributed by atoms with van der Waals surface area (Å²) in [6, 6.07) is 2.04. The molecule has 110 valence electrons. The lowest BCUT2D eigenvalue weighted by atomic mass is 10.4. The van der Waals surface area contributed by atoms with E-state index in [-0.39, 0.29) is 4.90 Å². The molecule has 2 heterocycles. The molecule has 0 saturated carbocycles. The van der Waals surface area contributed by atoms with Crippen molar-refractivity contribution in [3.63, 3.8) is 0 Å². The van der Waals surface area contributed by atoms with Crippen molar-refractivity contribution in [2.75, 3.05) is 26.3 Å². The molecular formula is C12H18N4O3S. The molecule has 20 heavy (non-hydrogen) atoms. The molecule has 1 aromatic heterocycles. The predicted octanol–water partition coefficient (Wildman–Crippen LogP) is 0.435. The maximum absolute atomic E-state index is 12.7. The average Bonchev–Trinajstić information content (AvgIpc) is 2.72. The maximum atomic E-state index is 12.7. The van der Waals surface area contributed by atoms with Crippen LogP contribution >= 0.6 is 0 Å². The van der Waals surface area contributed by atoms with Gasteiger partial charge in [-0.05, 0) is 13.8 Å². The molecule has 0 aliphatic carbocycles. The molecule has 0 N–H and O–H groups in total. The van der Waals surface area contributed by atoms with Crippen molar-refractivity contribution in [3.8, 4) is 6.07 Å². The van der Waals surface area contributed by atoms with Gasteiger partial charge in [0.1, 0.15) is 4.90 Å². The first kappa shape index (κ1) is 15.0. The summed E-state index contributed by atoms with van der Waals surface area (Å²) in [4.78, 5) is 0.261. The van der Waals surface area contributed by atoms with Crippen molar-refractivity contribution in [3.05, 3.63) is 11.4 Å². The average molecular weight is 298 g/mol. The first-order valence-corrected chi connectivity index (χ1v) is 7.91. The van der Waals surface area contributed by atoms with E-state index in [4.69, 9.17) is 10.00 Å². The summed E-state index contributed by atoms with van der Waals surface area (Å²) >= 11 is 0. The molecule has 0 atom stereocenters. The molecule has 1 aromatic rings. The normalized spacial score (nSPS) is 17.1. The van der Waals surface area contributed by atoms with Crippen LogP contribution in [0, 0.1) is 25.2 Å². The van der Waals surface area contributed by atoms with Gasteiger partial charge in [0.2, 0.25) is 10.0 Å². The zero-order valence-corrected chi connectivity index (χ0v) is 12.5. The lowest BCUT2D eigenvalue weighted by molar-refractivity contribution is 0.0730. The second-order valence-corrected chi connectivity index (χ2v) is 6.52. The zero-order valence-electron chi connectivity index (χ0n) is 11.7. The Balaban J connectivity index is 2.36. The third-order valence-electron chi connectivity index (χ3n) is 3.32. The Morgan fingerprint density at radius 3 is 2.60 bits per heavy atom. The van der Waals surface area contributed by atoms with E-state index in [9.17, 15) is 8.42 Å². The fraction of sp³-hybridized carbons (Fsp3) is 0.667. The SMILES string of the molecule is Cc1nn(CCC#N)c(C)c1S(=O)(=O)N1CCOCC1. The number of aryl methyl sites for hydroxylation is 2. The topological polar surface area (TPSA) is 88.2 Å². The van der Waals surface area contributed by atoms with Gasteiger partial charge in [-0.2, -0.15) is 14.7 Å². The van der Waals surface area contributed by atoms with E-state index in [2.05, 4.69) is 5.10 Å². The van der Waals surface area contributed by atoms with Crippen LogP contribution in [0.1, 0.15) is 17.8 Å². The summed E-state index contributed by atoms with van der Waals surface area (Å²) in [6.45, 7) is 5.38. The Bertz CT molecular complexity index is 624. The molecule has 0 spiro atoms. The number of ether oxygens (including phenoxy) is 1. The van der Waals surface area contributed by atoms with Gasteiger partial charge in [-0.15, -0.1) is 0 Å². The van der Waals surface area contributed by atoms with Crippen molar-refractivity contribution >= 4 is 10.0 Å². The van der Waals surface area contributed by atoms with E-state index in [0.29, 0.717) is 50.7 Å². The highest BCUT2D eigenvalue weighted by Gasteiger charge is 2.31. The lowest BCUT2D eigenvalue weighted by Crippen LogP contribution is -2.41. The zero-order chi connectivity index (χ0) is 14.8. The molecule has 0 radical (unpaired) electrons. The van der Waals surface area contributed by atoms with Crippen molar-refractivity contribution in [2.45, 2.75) is 31.7 Å². The smallest absolute Gasteiger partial charge is 0.246 e. The highest BCUT2D eigenvalue weighted by molar-refractivity contribution is 7.89. The molecule has 7 nitrogen and oxygen atoms in total. The molecule has 1 aliphatic heterocycles. The largest absolute Gasteiger partial charge is 0.379 e. The van der Waals surface area contributed by atoms with E-state index >= 15 is 0 Å². The Kier molecular flexibility index (Phi) is 4.42. The first-order valence-electron chi connectivity index (χ1n) is 6.47. The van der Waals surface area contributed by atoms with Gasteiger partial charge in [0.25, 0.3) is 0 Å². The molecule has 1 aliphatic rings. The Morgan fingerprint density at radius 2 is 2.00 bits per heavy atom. The number of nitriles is 1. The van der Waals surface area contributed by atoms with Gasteiger partial charge < -0.3 is 4.74 Å². The summed E-state index contributed by atoms with van der Waals surface area (Å²) in [5.74, 6) is 0. The molecule has 0 unspecified atom stereocenters. The van der Waals surface area contributed by atoms with Crippen LogP contribution in [0.15, 0.2) is 4.90 Å². The summed E-state index contributed by atoms with van der Waals surface area (Å²) in [7, 11) is -3.54. The number of aromatic nitrogens is 2. The van der Waals surface area contributed by atoms with E-state index in [1.807, 2.05) is 6.07 Å². The highest BCUT2D eigenvalue weighted by Crippen LogP contribution is 2.24. The molecule has 0 bridgehead atoms. The van der Waals surface area contributed by atoms with E-state index in [1.165, 1.54) is 4.31 Å². The standard InChI is InChI=1S/C12H18N4O3S/c1-10-12(11(2)16(14-10)5-3-4-13)20(17,18)15-6-8-19-9-7-15/h3,5-9H2,1-2H3. The van der Waals surface area contributed by atoms with Crippen molar-refractivity contribution in [1.29, 1.82) is 5.26 Å². The van der Waals surface area contributed by atoms with Gasteiger partial charge in [-0.1, -0.05) is 0 Å². The van der Waals surface area contributed by atoms with Gasteiger partial charge in [-0.25, -0.2) is 8.42 Å². The van der Waals surface area contributed by atoms with Crippen LogP contribution in [0.2, 0.25) is 0 Å². The van der Waals surface area contributed by atoms with Gasteiger partial charge in [-0.3, -0.25) is 4.68 Å². The number of hydrogen-bond acceptors (Lipinski definition) is 5. The number of nitrogens with zero attached hydrogens (tertiary/aromatic N) is 4. The van der Waals surface area contributed by atoms with E-state index in [0.717, 1.165) is 0 Å². The summed E-state index contributed by atoms with van der Waals surface area (Å²) < 4.78 is 33.5. The number of hydrogen-bond donors (Lipinski definition) is 0. The maximum Gasteiger partial charge on any atom is 0.246 e. The molecular weight excluding hydrogens is 280 g/mol. The first-order chi connectivity index (χ1) is 9.48. The Labute approximate surface area is 118 Å². The third-order valence-corrected chi connectivity index (χ3v) is 5.47. The Morgan fingerprint density at radius 1 is 1.35 bits per heavy atom. The minimum atomic E-state index is -3.54. The number of sulfonamides is 1. The van der Waals surface area contributed by atoms with Crippen LogP contribution < -0.4 is 0 Å². The van der Waals surface area contributed by atoms with Crippen LogP contribution in [0.25, 0.3) is 0 Å². The summed E-state index contributed by atoms with van der Waals surface area (Å²) in [6.07, 6.45) is 0.305. The van der Waals surface area contributed by atoms with Crippen LogP contribution in [0.5, 0.6) is 0 Å².